The van der Waals surface area contributed by atoms with Gasteiger partial charge in [-0.15, -0.1) is 0 Å². The van der Waals surface area contributed by atoms with Crippen LogP contribution in [-0.4, -0.2) is 67.4 Å². The minimum Gasteiger partial charge on any atom is -0.486 e. The van der Waals surface area contributed by atoms with Crippen molar-refractivity contribution in [3.8, 4) is 11.5 Å². The second-order valence-electron chi connectivity index (χ2n) is 9.55. The van der Waals surface area contributed by atoms with Crippen molar-refractivity contribution < 1.29 is 14.3 Å². The first kappa shape index (κ1) is 21.5. The molecular weight excluding hydrogens is 434 g/mol. The molecule has 4 aliphatic heterocycles. The first-order chi connectivity index (χ1) is 16.7. The van der Waals surface area contributed by atoms with Crippen LogP contribution in [0.25, 0.3) is 0 Å². The number of ether oxygens (including phenoxy) is 2. The number of fused-ring (bicyclic) bond motifs is 1. The molecule has 34 heavy (non-hydrogen) atoms. The average Bonchev–Trinajstić information content (AvgIpc) is 2.87. The summed E-state index contributed by atoms with van der Waals surface area (Å²) in [5.74, 6) is 2.45. The maximum absolute atomic E-state index is 12.8. The second kappa shape index (κ2) is 8.96. The lowest BCUT2D eigenvalue weighted by atomic mass is 10.0. The predicted octanol–water partition coefficient (Wildman–Crippen LogP) is 1.58. The number of carbonyl (C=O) groups is 1. The predicted molar refractivity (Wildman–Crippen MR) is 129 cm³/mol. The average molecular weight is 466 g/mol. The van der Waals surface area contributed by atoms with Crippen molar-refractivity contribution in [2.24, 2.45) is 0 Å². The summed E-state index contributed by atoms with van der Waals surface area (Å²) >= 11 is 0. The molecule has 0 radical (unpaired) electrons. The molecule has 2 N–H and O–H groups in total. The Morgan fingerprint density at radius 1 is 0.971 bits per heavy atom. The number of piperidine rings is 1. The Kier molecular flexibility index (Phi) is 5.66. The van der Waals surface area contributed by atoms with Gasteiger partial charge in [0.05, 0.1) is 18.3 Å². The van der Waals surface area contributed by atoms with E-state index in [-0.39, 0.29) is 17.5 Å². The van der Waals surface area contributed by atoms with Crippen molar-refractivity contribution in [2.45, 2.75) is 37.9 Å². The van der Waals surface area contributed by atoms with Crippen molar-refractivity contribution in [1.29, 1.82) is 0 Å². The van der Waals surface area contributed by atoms with Gasteiger partial charge in [0, 0.05) is 31.7 Å². The first-order valence-electron chi connectivity index (χ1n) is 12.3. The molecule has 0 aliphatic carbocycles. The van der Waals surface area contributed by atoms with Crippen LogP contribution < -0.4 is 30.6 Å². The zero-order valence-electron chi connectivity index (χ0n) is 19.3. The van der Waals surface area contributed by atoms with Crippen LogP contribution in [0.15, 0.2) is 35.1 Å². The molecule has 180 valence electrons. The van der Waals surface area contributed by atoms with Gasteiger partial charge in [0.1, 0.15) is 19.0 Å². The summed E-state index contributed by atoms with van der Waals surface area (Å²) in [6, 6.07) is 10.1. The van der Waals surface area contributed by atoms with E-state index in [4.69, 9.17) is 9.47 Å². The number of rotatable bonds is 5. The standard InChI is InChI=1S/C25H31N5O4/c31-23-4-2-20-25-29(24(32)15-27-20)10-7-19(30(23)25)16-28-8-5-18(6-9-28)26-14-17-1-3-21-22(13-17)34-12-11-33-21/h1-4,13,18-19,26-27H,5-12,14-16H2. The van der Waals surface area contributed by atoms with Gasteiger partial charge in [-0.3, -0.25) is 19.1 Å². The molecule has 1 amide bonds. The normalized spacial score (nSPS) is 22.3. The number of carbonyl (C=O) groups excluding carboxylic acids is 1. The molecule has 6 rings (SSSR count). The zero-order chi connectivity index (χ0) is 23.1. The smallest absolute Gasteiger partial charge is 0.252 e. The number of benzene rings is 1. The summed E-state index contributed by atoms with van der Waals surface area (Å²) in [6.45, 7) is 5.84. The van der Waals surface area contributed by atoms with Crippen molar-refractivity contribution in [1.82, 2.24) is 14.8 Å². The highest BCUT2D eigenvalue weighted by Gasteiger charge is 2.35. The van der Waals surface area contributed by atoms with Gasteiger partial charge in [-0.25, -0.2) is 0 Å². The van der Waals surface area contributed by atoms with Crippen molar-refractivity contribution in [3.05, 3.63) is 46.2 Å². The van der Waals surface area contributed by atoms with E-state index in [1.165, 1.54) is 5.56 Å². The fourth-order valence-electron chi connectivity index (χ4n) is 5.58. The molecule has 0 bridgehead atoms. The van der Waals surface area contributed by atoms with Crippen LogP contribution in [0.3, 0.4) is 0 Å². The molecule has 1 aromatic carbocycles. The fourth-order valence-corrected chi connectivity index (χ4v) is 5.58. The van der Waals surface area contributed by atoms with Crippen LogP contribution in [0.1, 0.15) is 30.9 Å². The third-order valence-electron chi connectivity index (χ3n) is 7.39. The van der Waals surface area contributed by atoms with Crippen LogP contribution in [-0.2, 0) is 11.3 Å². The molecule has 1 atom stereocenters. The number of nitrogens with zero attached hydrogens (tertiary/aromatic N) is 3. The molecule has 5 heterocycles. The highest BCUT2D eigenvalue weighted by Crippen LogP contribution is 2.35. The van der Waals surface area contributed by atoms with Crippen LogP contribution in [0.4, 0.5) is 11.5 Å². The third kappa shape index (κ3) is 4.03. The first-order valence-corrected chi connectivity index (χ1v) is 12.3. The minimum absolute atomic E-state index is 0.0269. The molecule has 1 unspecified atom stereocenters. The lowest BCUT2D eigenvalue weighted by molar-refractivity contribution is -0.117. The number of aromatic nitrogens is 1. The van der Waals surface area contributed by atoms with E-state index < -0.39 is 0 Å². The number of amides is 1. The highest BCUT2D eigenvalue weighted by molar-refractivity contribution is 6.01. The van der Waals surface area contributed by atoms with Crippen LogP contribution in [0.2, 0.25) is 0 Å². The van der Waals surface area contributed by atoms with E-state index in [1.54, 1.807) is 17.0 Å². The summed E-state index contributed by atoms with van der Waals surface area (Å²) in [6.07, 6.45) is 2.96. The Bertz CT molecular complexity index is 1140. The quantitative estimate of drug-likeness (QED) is 0.693. The molecule has 1 saturated heterocycles. The maximum atomic E-state index is 12.8. The number of pyridine rings is 1. The van der Waals surface area contributed by atoms with Crippen molar-refractivity contribution in [2.75, 3.05) is 56.2 Å². The van der Waals surface area contributed by atoms with E-state index in [1.807, 2.05) is 10.6 Å². The summed E-state index contributed by atoms with van der Waals surface area (Å²) in [5.41, 5.74) is 2.06. The van der Waals surface area contributed by atoms with E-state index in [2.05, 4.69) is 27.7 Å². The van der Waals surface area contributed by atoms with Gasteiger partial charge < -0.3 is 25.0 Å². The zero-order valence-corrected chi connectivity index (χ0v) is 19.3. The number of nitrogens with one attached hydrogen (secondary N) is 2. The largest absolute Gasteiger partial charge is 0.486 e. The molecule has 2 aromatic rings. The Morgan fingerprint density at radius 3 is 2.65 bits per heavy atom. The molecule has 4 aliphatic rings. The molecular formula is C25H31N5O4. The van der Waals surface area contributed by atoms with Gasteiger partial charge in [0.15, 0.2) is 11.5 Å². The summed E-state index contributed by atoms with van der Waals surface area (Å²) in [4.78, 5) is 29.4. The Morgan fingerprint density at radius 2 is 1.79 bits per heavy atom. The van der Waals surface area contributed by atoms with Gasteiger partial charge >= 0.3 is 0 Å². The van der Waals surface area contributed by atoms with Crippen molar-refractivity contribution >= 4 is 17.4 Å². The van der Waals surface area contributed by atoms with Crippen LogP contribution in [0, 0.1) is 0 Å². The summed E-state index contributed by atoms with van der Waals surface area (Å²) in [5, 5.41) is 6.86. The maximum Gasteiger partial charge on any atom is 0.252 e. The van der Waals surface area contributed by atoms with Gasteiger partial charge in [0.2, 0.25) is 5.91 Å². The lowest BCUT2D eigenvalue weighted by Gasteiger charge is -2.42. The number of hydrogen-bond acceptors (Lipinski definition) is 7. The van der Waals surface area contributed by atoms with Crippen molar-refractivity contribution in [3.63, 3.8) is 0 Å². The summed E-state index contributed by atoms with van der Waals surface area (Å²) < 4.78 is 13.1. The second-order valence-corrected chi connectivity index (χ2v) is 9.55. The van der Waals surface area contributed by atoms with E-state index >= 15 is 0 Å². The van der Waals surface area contributed by atoms with Crippen LogP contribution >= 0.6 is 0 Å². The Labute approximate surface area is 198 Å². The fraction of sp³-hybridized carbons (Fsp3) is 0.520. The topological polar surface area (TPSA) is 88.1 Å². The molecule has 1 fully saturated rings. The molecule has 9 heteroatoms. The van der Waals surface area contributed by atoms with E-state index in [0.29, 0.717) is 32.3 Å². The van der Waals surface area contributed by atoms with Gasteiger partial charge in [0.25, 0.3) is 5.56 Å². The molecule has 0 spiro atoms. The SMILES string of the molecule is O=C1CNc2ccc(=O)n3c2N1CCC3CN1CCC(NCc2ccc3c(c2)OCCO3)CC1. The Hall–Kier alpha value is -3.04. The number of likely N-dealkylation sites (tertiary alicyclic amines) is 1. The third-order valence-corrected chi connectivity index (χ3v) is 7.39. The molecule has 1 aromatic heterocycles. The molecule has 9 nitrogen and oxygen atoms in total. The monoisotopic (exact) mass is 465 g/mol. The van der Waals surface area contributed by atoms with E-state index in [9.17, 15) is 9.59 Å². The summed E-state index contributed by atoms with van der Waals surface area (Å²) in [7, 11) is 0. The minimum atomic E-state index is -0.0269. The van der Waals surface area contributed by atoms with Crippen LogP contribution in [0.5, 0.6) is 11.5 Å². The van der Waals surface area contributed by atoms with Gasteiger partial charge in [-0.2, -0.15) is 0 Å². The lowest BCUT2D eigenvalue weighted by Crippen LogP contribution is -2.51. The molecule has 0 saturated carbocycles. The highest BCUT2D eigenvalue weighted by atomic mass is 16.6. The van der Waals surface area contributed by atoms with Gasteiger partial charge in [-0.05, 0) is 56.1 Å². The van der Waals surface area contributed by atoms with Gasteiger partial charge in [-0.1, -0.05) is 6.07 Å². The van der Waals surface area contributed by atoms with E-state index in [0.717, 1.165) is 68.4 Å². The number of hydrogen-bond donors (Lipinski definition) is 2. The Balaban J connectivity index is 1.06. The number of anilines is 2.